The molecule has 2 aromatic rings. The van der Waals surface area contributed by atoms with E-state index >= 15 is 0 Å². The smallest absolute Gasteiger partial charge is 0.294 e. The summed E-state index contributed by atoms with van der Waals surface area (Å²) in [5.74, 6) is 1.54. The fourth-order valence-electron chi connectivity index (χ4n) is 2.74. The third kappa shape index (κ3) is 3.71. The van der Waals surface area contributed by atoms with Gasteiger partial charge in [0.05, 0.1) is 17.7 Å². The lowest BCUT2D eigenvalue weighted by molar-refractivity contribution is -0.384. The maximum atomic E-state index is 11.0. The average molecular weight is 341 g/mol. The minimum atomic E-state index is -0.450. The van der Waals surface area contributed by atoms with Crippen LogP contribution >= 0.6 is 0 Å². The van der Waals surface area contributed by atoms with Gasteiger partial charge in [0.15, 0.2) is 0 Å². The summed E-state index contributed by atoms with van der Waals surface area (Å²) in [5, 5.41) is 15.2. The summed E-state index contributed by atoms with van der Waals surface area (Å²) < 4.78 is 11.4. The minimum absolute atomic E-state index is 0.0317. The second-order valence-electron chi connectivity index (χ2n) is 5.71. The molecule has 0 aliphatic carbocycles. The molecule has 25 heavy (non-hydrogen) atoms. The first-order chi connectivity index (χ1) is 12.1. The zero-order chi connectivity index (χ0) is 17.8. The van der Waals surface area contributed by atoms with Crippen LogP contribution in [0.2, 0.25) is 0 Å². The number of anilines is 1. The van der Waals surface area contributed by atoms with Crippen molar-refractivity contribution in [2.24, 2.45) is 5.10 Å². The summed E-state index contributed by atoms with van der Waals surface area (Å²) in [6.07, 6.45) is 2.57. The number of fused-ring (bicyclic) bond motifs is 1. The van der Waals surface area contributed by atoms with E-state index in [4.69, 9.17) is 9.47 Å². The highest BCUT2D eigenvalue weighted by Crippen LogP contribution is 2.34. The predicted molar refractivity (Wildman–Crippen MR) is 95.7 cm³/mol. The molecule has 0 amide bonds. The molecule has 1 atom stereocenters. The van der Waals surface area contributed by atoms with Gasteiger partial charge in [0.1, 0.15) is 23.3 Å². The van der Waals surface area contributed by atoms with Gasteiger partial charge in [0, 0.05) is 23.6 Å². The Bertz CT molecular complexity index is 820. The van der Waals surface area contributed by atoms with Gasteiger partial charge in [0.25, 0.3) is 5.69 Å². The Labute approximate surface area is 145 Å². The Balaban J connectivity index is 1.84. The summed E-state index contributed by atoms with van der Waals surface area (Å²) in [4.78, 5) is 10.6. The van der Waals surface area contributed by atoms with E-state index in [-0.39, 0.29) is 11.8 Å². The first-order valence-corrected chi connectivity index (χ1v) is 8.07. The fraction of sp³-hybridized carbons (Fsp3) is 0.278. The standard InChI is InChI=1S/C18H19N3O4/c1-3-24-17-9-13-8-12(2)25-18(13)10-14(17)11-19-20-15-6-4-5-7-16(15)21(22)23/h4-7,9-12,20H,3,8H2,1-2H3/b19-11-/t12-/m0/s1. The van der Waals surface area contributed by atoms with Gasteiger partial charge in [-0.1, -0.05) is 12.1 Å². The van der Waals surface area contributed by atoms with E-state index in [9.17, 15) is 10.1 Å². The van der Waals surface area contributed by atoms with E-state index < -0.39 is 4.92 Å². The van der Waals surface area contributed by atoms with Crippen LogP contribution in [0.1, 0.15) is 25.0 Å². The SMILES string of the molecule is CCOc1cc2c(cc1/C=N\Nc1ccccc1[N+](=O)[O-])O[C@@H](C)C2. The number of nitrogens with one attached hydrogen (secondary N) is 1. The molecule has 1 aliphatic rings. The molecule has 0 spiro atoms. The Kier molecular flexibility index (Phi) is 4.83. The zero-order valence-electron chi connectivity index (χ0n) is 14.1. The Hall–Kier alpha value is -3.09. The van der Waals surface area contributed by atoms with E-state index in [0.717, 1.165) is 23.3 Å². The molecule has 0 fully saturated rings. The molecule has 1 heterocycles. The molecular weight excluding hydrogens is 322 g/mol. The number of benzene rings is 2. The summed E-state index contributed by atoms with van der Waals surface area (Å²) >= 11 is 0. The lowest BCUT2D eigenvalue weighted by atomic mass is 10.1. The summed E-state index contributed by atoms with van der Waals surface area (Å²) in [6.45, 7) is 4.47. The quantitative estimate of drug-likeness (QED) is 0.491. The van der Waals surface area contributed by atoms with Crippen LogP contribution < -0.4 is 14.9 Å². The highest BCUT2D eigenvalue weighted by atomic mass is 16.6. The number of ether oxygens (including phenoxy) is 2. The number of nitrogens with zero attached hydrogens (tertiary/aromatic N) is 2. The molecular formula is C18H19N3O4. The number of hydrazone groups is 1. The van der Waals surface area contributed by atoms with Crippen molar-refractivity contribution in [1.29, 1.82) is 0 Å². The van der Waals surface area contributed by atoms with Crippen LogP contribution in [0.4, 0.5) is 11.4 Å². The highest BCUT2D eigenvalue weighted by molar-refractivity contribution is 5.85. The highest BCUT2D eigenvalue weighted by Gasteiger charge is 2.21. The topological polar surface area (TPSA) is 86.0 Å². The first kappa shape index (κ1) is 16.8. The Morgan fingerprint density at radius 1 is 1.44 bits per heavy atom. The summed E-state index contributed by atoms with van der Waals surface area (Å²) in [5.41, 5.74) is 4.88. The van der Waals surface area contributed by atoms with Crippen LogP contribution in [-0.4, -0.2) is 23.8 Å². The van der Waals surface area contributed by atoms with Gasteiger partial charge in [-0.05, 0) is 32.0 Å². The van der Waals surface area contributed by atoms with Gasteiger partial charge in [-0.3, -0.25) is 15.5 Å². The summed E-state index contributed by atoms with van der Waals surface area (Å²) in [7, 11) is 0. The van der Waals surface area contributed by atoms with E-state index in [2.05, 4.69) is 10.5 Å². The molecule has 7 nitrogen and oxygen atoms in total. The lowest BCUT2D eigenvalue weighted by Crippen LogP contribution is -2.05. The second kappa shape index (κ2) is 7.21. The first-order valence-electron chi connectivity index (χ1n) is 8.07. The van der Waals surface area contributed by atoms with Gasteiger partial charge < -0.3 is 9.47 Å². The van der Waals surface area contributed by atoms with Gasteiger partial charge in [0.2, 0.25) is 0 Å². The van der Waals surface area contributed by atoms with Gasteiger partial charge in [-0.25, -0.2) is 0 Å². The van der Waals surface area contributed by atoms with Crippen molar-refractivity contribution >= 4 is 17.6 Å². The number of nitro benzene ring substituents is 1. The molecule has 0 aromatic heterocycles. The Morgan fingerprint density at radius 3 is 3.00 bits per heavy atom. The van der Waals surface area contributed by atoms with E-state index in [0.29, 0.717) is 18.0 Å². The number of hydrogen-bond acceptors (Lipinski definition) is 6. The van der Waals surface area contributed by atoms with Crippen molar-refractivity contribution < 1.29 is 14.4 Å². The third-order valence-electron chi connectivity index (χ3n) is 3.82. The Morgan fingerprint density at radius 2 is 2.24 bits per heavy atom. The van der Waals surface area contributed by atoms with E-state index in [1.807, 2.05) is 26.0 Å². The molecule has 0 bridgehead atoms. The van der Waals surface area contributed by atoms with Crippen LogP contribution in [0.15, 0.2) is 41.5 Å². The van der Waals surface area contributed by atoms with Gasteiger partial charge in [-0.2, -0.15) is 5.10 Å². The number of nitro groups is 1. The number of rotatable bonds is 6. The van der Waals surface area contributed by atoms with E-state index in [1.165, 1.54) is 6.07 Å². The third-order valence-corrected chi connectivity index (χ3v) is 3.82. The molecule has 0 radical (unpaired) electrons. The molecule has 7 heteroatoms. The molecule has 0 unspecified atom stereocenters. The molecule has 1 N–H and O–H groups in total. The van der Waals surface area contributed by atoms with Gasteiger partial charge in [-0.15, -0.1) is 0 Å². The zero-order valence-corrected chi connectivity index (χ0v) is 14.1. The number of hydrogen-bond donors (Lipinski definition) is 1. The van der Waals surface area contributed by atoms with Crippen LogP contribution in [0.25, 0.3) is 0 Å². The fourth-order valence-corrected chi connectivity index (χ4v) is 2.74. The van der Waals surface area contributed by atoms with Crippen molar-refractivity contribution in [2.45, 2.75) is 26.4 Å². The lowest BCUT2D eigenvalue weighted by Gasteiger charge is -2.09. The van der Waals surface area contributed by atoms with Crippen molar-refractivity contribution in [3.63, 3.8) is 0 Å². The van der Waals surface area contributed by atoms with Crippen LogP contribution in [0, 0.1) is 10.1 Å². The molecule has 3 rings (SSSR count). The molecule has 0 saturated heterocycles. The predicted octanol–water partition coefficient (Wildman–Crippen LogP) is 3.76. The maximum absolute atomic E-state index is 11.0. The monoisotopic (exact) mass is 341 g/mol. The minimum Gasteiger partial charge on any atom is -0.493 e. The number of para-hydroxylation sites is 2. The van der Waals surface area contributed by atoms with Crippen molar-refractivity contribution in [3.05, 3.63) is 57.6 Å². The largest absolute Gasteiger partial charge is 0.493 e. The van der Waals surface area contributed by atoms with Crippen molar-refractivity contribution in [1.82, 2.24) is 0 Å². The molecule has 130 valence electrons. The molecule has 2 aromatic carbocycles. The van der Waals surface area contributed by atoms with Gasteiger partial charge >= 0.3 is 0 Å². The van der Waals surface area contributed by atoms with Crippen LogP contribution in [0.3, 0.4) is 0 Å². The van der Waals surface area contributed by atoms with Crippen LogP contribution in [0.5, 0.6) is 11.5 Å². The molecule has 1 aliphatic heterocycles. The summed E-state index contributed by atoms with van der Waals surface area (Å²) in [6, 6.07) is 10.2. The van der Waals surface area contributed by atoms with Crippen LogP contribution in [-0.2, 0) is 6.42 Å². The van der Waals surface area contributed by atoms with E-state index in [1.54, 1.807) is 24.4 Å². The van der Waals surface area contributed by atoms with Crippen molar-refractivity contribution in [2.75, 3.05) is 12.0 Å². The second-order valence-corrected chi connectivity index (χ2v) is 5.71. The molecule has 0 saturated carbocycles. The maximum Gasteiger partial charge on any atom is 0.294 e. The normalized spacial score (nSPS) is 15.7. The average Bonchev–Trinajstić information content (AvgIpc) is 2.94. The van der Waals surface area contributed by atoms with Crippen molar-refractivity contribution in [3.8, 4) is 11.5 Å².